The second kappa shape index (κ2) is 8.53. The third-order valence-corrected chi connectivity index (χ3v) is 2.80. The summed E-state index contributed by atoms with van der Waals surface area (Å²) in [6.45, 7) is 3.80. The van der Waals surface area contributed by atoms with Crippen LogP contribution in [0.1, 0.15) is 23.7 Å². The molecule has 0 atom stereocenters. The third-order valence-electron chi connectivity index (χ3n) is 2.31. The highest BCUT2D eigenvalue weighted by atomic mass is 79.9. The lowest BCUT2D eigenvalue weighted by Gasteiger charge is -2.07. The van der Waals surface area contributed by atoms with E-state index < -0.39 is 0 Å². The van der Waals surface area contributed by atoms with Gasteiger partial charge in [0.2, 0.25) is 0 Å². The third kappa shape index (κ3) is 6.24. The van der Waals surface area contributed by atoms with Crippen LogP contribution in [0.4, 0.5) is 0 Å². The molecule has 0 aliphatic carbocycles. The van der Waals surface area contributed by atoms with Gasteiger partial charge in [-0.3, -0.25) is 9.79 Å². The van der Waals surface area contributed by atoms with Crippen LogP contribution in [0.15, 0.2) is 33.7 Å². The monoisotopic (exact) mass is 326 g/mol. The van der Waals surface area contributed by atoms with Gasteiger partial charge < -0.3 is 16.4 Å². The van der Waals surface area contributed by atoms with Gasteiger partial charge in [-0.05, 0) is 24.6 Å². The molecular weight excluding hydrogens is 308 g/mol. The maximum atomic E-state index is 11.8. The number of nitrogens with zero attached hydrogens (tertiary/aromatic N) is 1. The first-order valence-corrected chi connectivity index (χ1v) is 7.00. The Bertz CT molecular complexity index is 448. The summed E-state index contributed by atoms with van der Waals surface area (Å²) in [6.07, 6.45) is 0.960. The fourth-order valence-electron chi connectivity index (χ4n) is 1.39. The standard InChI is InChI=1S/C13H19BrN4O/c1-2-6-17-13(15)18-8-7-16-12(19)10-4-3-5-11(14)9-10/h3-5,9H,2,6-8H2,1H3,(H,16,19)(H3,15,17,18). The summed E-state index contributed by atoms with van der Waals surface area (Å²) >= 11 is 3.33. The number of aliphatic imine (C=N–C) groups is 1. The minimum Gasteiger partial charge on any atom is -0.370 e. The van der Waals surface area contributed by atoms with Crippen molar-refractivity contribution in [3.63, 3.8) is 0 Å². The van der Waals surface area contributed by atoms with Gasteiger partial charge in [0.05, 0.1) is 0 Å². The average Bonchev–Trinajstić information content (AvgIpc) is 2.41. The van der Waals surface area contributed by atoms with E-state index in [1.807, 2.05) is 19.1 Å². The Morgan fingerprint density at radius 1 is 1.37 bits per heavy atom. The van der Waals surface area contributed by atoms with E-state index in [-0.39, 0.29) is 5.91 Å². The summed E-state index contributed by atoms with van der Waals surface area (Å²) in [7, 11) is 0. The molecule has 4 N–H and O–H groups in total. The van der Waals surface area contributed by atoms with Crippen molar-refractivity contribution in [2.24, 2.45) is 10.7 Å². The van der Waals surface area contributed by atoms with Crippen LogP contribution >= 0.6 is 15.9 Å². The molecule has 1 rings (SSSR count). The molecule has 0 aliphatic heterocycles. The Hall–Kier alpha value is -1.56. The van der Waals surface area contributed by atoms with Gasteiger partial charge >= 0.3 is 0 Å². The van der Waals surface area contributed by atoms with Gasteiger partial charge in [0.15, 0.2) is 5.96 Å². The number of carbonyl (C=O) groups excluding carboxylic acids is 1. The number of benzene rings is 1. The molecule has 19 heavy (non-hydrogen) atoms. The molecule has 0 heterocycles. The summed E-state index contributed by atoms with van der Waals surface area (Å²) < 4.78 is 0.884. The molecule has 0 saturated heterocycles. The van der Waals surface area contributed by atoms with Gasteiger partial charge in [0, 0.05) is 29.7 Å². The Balaban J connectivity index is 2.28. The highest BCUT2D eigenvalue weighted by Crippen LogP contribution is 2.11. The maximum Gasteiger partial charge on any atom is 0.251 e. The van der Waals surface area contributed by atoms with Gasteiger partial charge in [0.1, 0.15) is 0 Å². The summed E-state index contributed by atoms with van der Waals surface area (Å²) in [5.74, 6) is 0.311. The quantitative estimate of drug-likeness (QED) is 0.421. The zero-order valence-electron chi connectivity index (χ0n) is 10.9. The Morgan fingerprint density at radius 2 is 2.11 bits per heavy atom. The molecule has 0 spiro atoms. The van der Waals surface area contributed by atoms with Crippen molar-refractivity contribution in [2.45, 2.75) is 13.3 Å². The smallest absolute Gasteiger partial charge is 0.251 e. The zero-order chi connectivity index (χ0) is 14.1. The number of halogens is 1. The van der Waals surface area contributed by atoms with Gasteiger partial charge in [-0.25, -0.2) is 0 Å². The predicted molar refractivity (Wildman–Crippen MR) is 81.3 cm³/mol. The average molecular weight is 327 g/mol. The van der Waals surface area contributed by atoms with Crippen LogP contribution in [0, 0.1) is 0 Å². The summed E-state index contributed by atoms with van der Waals surface area (Å²) in [6, 6.07) is 7.25. The summed E-state index contributed by atoms with van der Waals surface area (Å²) in [5, 5.41) is 5.74. The number of guanidine groups is 1. The van der Waals surface area contributed by atoms with Crippen molar-refractivity contribution in [1.82, 2.24) is 10.6 Å². The first kappa shape index (κ1) is 15.5. The van der Waals surface area contributed by atoms with Gasteiger partial charge in [-0.1, -0.05) is 28.9 Å². The number of carbonyl (C=O) groups is 1. The first-order valence-electron chi connectivity index (χ1n) is 6.21. The fraction of sp³-hybridized carbons (Fsp3) is 0.385. The molecule has 0 radical (unpaired) electrons. The molecule has 104 valence electrons. The van der Waals surface area contributed by atoms with Crippen molar-refractivity contribution in [1.29, 1.82) is 0 Å². The lowest BCUT2D eigenvalue weighted by Crippen LogP contribution is -2.38. The number of amides is 1. The van der Waals surface area contributed by atoms with Gasteiger partial charge in [-0.2, -0.15) is 0 Å². The minimum absolute atomic E-state index is 0.104. The molecule has 1 aromatic rings. The van der Waals surface area contributed by atoms with Crippen molar-refractivity contribution in [3.8, 4) is 0 Å². The van der Waals surface area contributed by atoms with Crippen molar-refractivity contribution in [2.75, 3.05) is 19.6 Å². The van der Waals surface area contributed by atoms with Crippen LogP contribution in [0.2, 0.25) is 0 Å². The van der Waals surface area contributed by atoms with E-state index in [2.05, 4.69) is 31.6 Å². The van der Waals surface area contributed by atoms with Crippen molar-refractivity contribution in [3.05, 3.63) is 34.3 Å². The Labute approximate surface area is 121 Å². The normalized spacial score (nSPS) is 11.2. The van der Waals surface area contributed by atoms with Crippen LogP contribution in [0.3, 0.4) is 0 Å². The lowest BCUT2D eigenvalue weighted by atomic mass is 10.2. The largest absolute Gasteiger partial charge is 0.370 e. The number of rotatable bonds is 6. The first-order chi connectivity index (χ1) is 9.13. The van der Waals surface area contributed by atoms with Crippen LogP contribution < -0.4 is 16.4 Å². The SMILES string of the molecule is CCCN=C(N)NCCNC(=O)c1cccc(Br)c1. The second-order valence-corrected chi connectivity index (χ2v) is 4.88. The van der Waals surface area contributed by atoms with E-state index in [9.17, 15) is 4.79 Å². The van der Waals surface area contributed by atoms with Crippen LogP contribution in [-0.2, 0) is 0 Å². The molecule has 0 aromatic heterocycles. The molecular formula is C13H19BrN4O. The van der Waals surface area contributed by atoms with E-state index in [0.29, 0.717) is 31.2 Å². The van der Waals surface area contributed by atoms with E-state index >= 15 is 0 Å². The number of hydrogen-bond acceptors (Lipinski definition) is 2. The maximum absolute atomic E-state index is 11.8. The summed E-state index contributed by atoms with van der Waals surface area (Å²) in [4.78, 5) is 15.9. The van der Waals surface area contributed by atoms with Crippen molar-refractivity contribution < 1.29 is 4.79 Å². The molecule has 5 nitrogen and oxygen atoms in total. The Morgan fingerprint density at radius 3 is 2.79 bits per heavy atom. The van der Waals surface area contributed by atoms with E-state index in [4.69, 9.17) is 5.73 Å². The molecule has 0 saturated carbocycles. The highest BCUT2D eigenvalue weighted by molar-refractivity contribution is 9.10. The highest BCUT2D eigenvalue weighted by Gasteiger charge is 2.04. The fourth-order valence-corrected chi connectivity index (χ4v) is 1.79. The van der Waals surface area contributed by atoms with Crippen LogP contribution in [0.5, 0.6) is 0 Å². The lowest BCUT2D eigenvalue weighted by molar-refractivity contribution is 0.0954. The molecule has 0 unspecified atom stereocenters. The zero-order valence-corrected chi connectivity index (χ0v) is 12.5. The van der Waals surface area contributed by atoms with E-state index in [0.717, 1.165) is 10.9 Å². The van der Waals surface area contributed by atoms with Crippen molar-refractivity contribution >= 4 is 27.8 Å². The number of hydrogen-bond donors (Lipinski definition) is 3. The molecule has 1 aromatic carbocycles. The molecule has 0 bridgehead atoms. The number of nitrogens with one attached hydrogen (secondary N) is 2. The van der Waals surface area contributed by atoms with Gasteiger partial charge in [-0.15, -0.1) is 0 Å². The van der Waals surface area contributed by atoms with Gasteiger partial charge in [0.25, 0.3) is 5.91 Å². The molecule has 1 amide bonds. The minimum atomic E-state index is -0.104. The molecule has 6 heteroatoms. The molecule has 0 aliphatic rings. The van der Waals surface area contributed by atoms with Crippen LogP contribution in [0.25, 0.3) is 0 Å². The number of nitrogens with two attached hydrogens (primary N) is 1. The predicted octanol–water partition coefficient (Wildman–Crippen LogP) is 1.49. The second-order valence-electron chi connectivity index (χ2n) is 3.96. The van der Waals surface area contributed by atoms with E-state index in [1.54, 1.807) is 12.1 Å². The van der Waals surface area contributed by atoms with Crippen LogP contribution in [-0.4, -0.2) is 31.5 Å². The Kier molecular flexibility index (Phi) is 6.95. The topological polar surface area (TPSA) is 79.5 Å². The molecule has 0 fully saturated rings. The van der Waals surface area contributed by atoms with E-state index in [1.165, 1.54) is 0 Å². The summed E-state index contributed by atoms with van der Waals surface area (Å²) in [5.41, 5.74) is 6.25.